The Morgan fingerprint density at radius 3 is 2.57 bits per heavy atom. The van der Waals surface area contributed by atoms with E-state index < -0.39 is 14.9 Å². The molecular weight excluding hydrogens is 380 g/mol. The van der Waals surface area contributed by atoms with E-state index in [1.54, 1.807) is 0 Å². The van der Waals surface area contributed by atoms with Crippen LogP contribution in [0.25, 0.3) is 0 Å². The van der Waals surface area contributed by atoms with Gasteiger partial charge in [-0.3, -0.25) is 15.5 Å². The van der Waals surface area contributed by atoms with Gasteiger partial charge in [-0.25, -0.2) is 8.42 Å². The molecule has 1 N–H and O–H groups in total. The van der Waals surface area contributed by atoms with E-state index in [2.05, 4.69) is 10.5 Å². The molecule has 1 saturated heterocycles. The third-order valence-corrected chi connectivity index (χ3v) is 7.03. The van der Waals surface area contributed by atoms with Crippen LogP contribution in [0.3, 0.4) is 0 Å². The Kier molecular flexibility index (Phi) is 4.86. The predicted molar refractivity (Wildman–Crippen MR) is 106 cm³/mol. The Morgan fingerprint density at radius 2 is 1.82 bits per heavy atom. The molecule has 2 aromatic carbocycles. The van der Waals surface area contributed by atoms with Gasteiger partial charge in [0.05, 0.1) is 15.5 Å². The molecule has 0 aromatic heterocycles. The van der Waals surface area contributed by atoms with Gasteiger partial charge in [-0.05, 0) is 43.4 Å². The van der Waals surface area contributed by atoms with E-state index in [4.69, 9.17) is 0 Å². The quantitative estimate of drug-likeness (QED) is 0.613. The maximum Gasteiger partial charge on any atom is 0.295 e. The fourth-order valence-electron chi connectivity index (χ4n) is 3.65. The summed E-state index contributed by atoms with van der Waals surface area (Å²) in [5, 5.41) is 15.9. The Hall–Kier alpha value is -2.78. The fourth-order valence-corrected chi connectivity index (χ4v) is 5.18. The van der Waals surface area contributed by atoms with Crippen molar-refractivity contribution in [1.29, 1.82) is 0 Å². The van der Waals surface area contributed by atoms with E-state index in [0.717, 1.165) is 43.0 Å². The lowest BCUT2D eigenvalue weighted by Crippen LogP contribution is -2.27. The number of hydrogen-bond acceptors (Lipinski definition) is 6. The summed E-state index contributed by atoms with van der Waals surface area (Å²) < 4.78 is 26.7. The third-order valence-electron chi connectivity index (χ3n) is 5.14. The van der Waals surface area contributed by atoms with Crippen LogP contribution in [0.15, 0.2) is 52.5 Å². The number of nitrogens with one attached hydrogen (secondary N) is 1. The molecule has 28 heavy (non-hydrogen) atoms. The minimum Gasteiger partial charge on any atom is -0.271 e. The molecule has 1 fully saturated rings. The second-order valence-corrected chi connectivity index (χ2v) is 8.81. The first-order valence-electron chi connectivity index (χ1n) is 9.16. The summed E-state index contributed by atoms with van der Waals surface area (Å²) in [7, 11) is -3.72. The zero-order valence-corrected chi connectivity index (χ0v) is 16.0. The van der Waals surface area contributed by atoms with Gasteiger partial charge in [0, 0.05) is 24.7 Å². The van der Waals surface area contributed by atoms with Crippen molar-refractivity contribution in [3.05, 3.63) is 63.7 Å². The molecule has 0 bridgehead atoms. The van der Waals surface area contributed by atoms with Crippen LogP contribution >= 0.6 is 0 Å². The first kappa shape index (κ1) is 18.6. The van der Waals surface area contributed by atoms with E-state index in [-0.39, 0.29) is 16.3 Å². The van der Waals surface area contributed by atoms with Crippen molar-refractivity contribution in [2.45, 2.75) is 30.6 Å². The van der Waals surface area contributed by atoms with Gasteiger partial charge in [0.1, 0.15) is 5.69 Å². The highest BCUT2D eigenvalue weighted by molar-refractivity contribution is 7.89. The fraction of sp³-hybridized carbons (Fsp3) is 0.316. The maximum atomic E-state index is 12.7. The van der Waals surface area contributed by atoms with Crippen LogP contribution in [0.5, 0.6) is 0 Å². The lowest BCUT2D eigenvalue weighted by atomic mass is 10.1. The van der Waals surface area contributed by atoms with Gasteiger partial charge < -0.3 is 0 Å². The van der Waals surface area contributed by atoms with Gasteiger partial charge in [0.25, 0.3) is 5.69 Å². The van der Waals surface area contributed by atoms with Gasteiger partial charge >= 0.3 is 0 Å². The number of nitro benzene ring substituents is 1. The molecule has 1 aliphatic carbocycles. The summed E-state index contributed by atoms with van der Waals surface area (Å²) in [5.41, 5.74) is 5.69. The molecule has 2 aliphatic rings. The molecule has 0 radical (unpaired) electrons. The number of nitro groups is 1. The molecule has 1 aliphatic heterocycles. The number of hydrazone groups is 1. The van der Waals surface area contributed by atoms with Gasteiger partial charge in [-0.2, -0.15) is 9.41 Å². The summed E-state index contributed by atoms with van der Waals surface area (Å²) in [4.78, 5) is 10.9. The molecule has 0 saturated carbocycles. The van der Waals surface area contributed by atoms with Crippen LogP contribution in [0.1, 0.15) is 30.4 Å². The van der Waals surface area contributed by atoms with Crippen LogP contribution < -0.4 is 5.43 Å². The monoisotopic (exact) mass is 400 g/mol. The lowest BCUT2D eigenvalue weighted by Gasteiger charge is -2.15. The third kappa shape index (κ3) is 3.38. The van der Waals surface area contributed by atoms with Crippen LogP contribution in [-0.2, 0) is 16.4 Å². The summed E-state index contributed by atoms with van der Waals surface area (Å²) in [5.74, 6) is 0. The molecule has 0 spiro atoms. The number of hydrogen-bond donors (Lipinski definition) is 1. The number of rotatable bonds is 5. The molecular formula is C19H20N4O4S. The number of sulfonamides is 1. The van der Waals surface area contributed by atoms with E-state index in [0.29, 0.717) is 13.1 Å². The number of nitrogens with zero attached hydrogens (tertiary/aromatic N) is 3. The van der Waals surface area contributed by atoms with Gasteiger partial charge in [0.2, 0.25) is 10.0 Å². The second-order valence-electron chi connectivity index (χ2n) is 6.87. The SMILES string of the molecule is O=[N+]([O-])c1cc(S(=O)(=O)N2CCCC2)ccc1N/N=C1\CCc2ccccc21. The molecule has 0 unspecified atom stereocenters. The molecule has 4 rings (SSSR count). The van der Waals surface area contributed by atoms with E-state index in [1.807, 2.05) is 24.3 Å². The highest BCUT2D eigenvalue weighted by atomic mass is 32.2. The van der Waals surface area contributed by atoms with E-state index in [1.165, 1.54) is 22.0 Å². The van der Waals surface area contributed by atoms with Gasteiger partial charge in [-0.15, -0.1) is 0 Å². The van der Waals surface area contributed by atoms with Crippen molar-refractivity contribution < 1.29 is 13.3 Å². The molecule has 146 valence electrons. The molecule has 0 amide bonds. The largest absolute Gasteiger partial charge is 0.295 e. The lowest BCUT2D eigenvalue weighted by molar-refractivity contribution is -0.384. The first-order valence-corrected chi connectivity index (χ1v) is 10.6. The molecule has 8 nitrogen and oxygen atoms in total. The van der Waals surface area contributed by atoms with Gasteiger partial charge in [0.15, 0.2) is 0 Å². The van der Waals surface area contributed by atoms with Crippen LogP contribution in [0.2, 0.25) is 0 Å². The zero-order chi connectivity index (χ0) is 19.7. The zero-order valence-electron chi connectivity index (χ0n) is 15.2. The summed E-state index contributed by atoms with van der Waals surface area (Å²) >= 11 is 0. The number of aryl methyl sites for hydroxylation is 1. The topological polar surface area (TPSA) is 105 Å². The first-order chi connectivity index (χ1) is 13.5. The van der Waals surface area contributed by atoms with E-state index in [9.17, 15) is 18.5 Å². The maximum absolute atomic E-state index is 12.7. The number of anilines is 1. The average molecular weight is 400 g/mol. The normalized spacial score (nSPS) is 18.4. The van der Waals surface area contributed by atoms with E-state index >= 15 is 0 Å². The van der Waals surface area contributed by atoms with Crippen LogP contribution in [-0.4, -0.2) is 36.4 Å². The van der Waals surface area contributed by atoms with Crippen LogP contribution in [0, 0.1) is 10.1 Å². The standard InChI is InChI=1S/C19H20N4O4S/c24-23(25)19-13-15(28(26,27)22-11-3-4-12-22)8-10-18(19)21-20-17-9-7-14-5-1-2-6-16(14)17/h1-2,5-6,8,10,13,21H,3-4,7,9,11-12H2/b20-17+. The minimum atomic E-state index is -3.72. The number of benzene rings is 2. The van der Waals surface area contributed by atoms with Crippen molar-refractivity contribution in [3.8, 4) is 0 Å². The molecule has 2 aromatic rings. The number of fused-ring (bicyclic) bond motifs is 1. The highest BCUT2D eigenvalue weighted by Crippen LogP contribution is 2.31. The minimum absolute atomic E-state index is 0.0643. The highest BCUT2D eigenvalue weighted by Gasteiger charge is 2.29. The Morgan fingerprint density at radius 1 is 1.07 bits per heavy atom. The summed E-state index contributed by atoms with van der Waals surface area (Å²) in [6.07, 6.45) is 3.24. The second kappa shape index (κ2) is 7.33. The Balaban J connectivity index is 1.63. The van der Waals surface area contributed by atoms with Gasteiger partial charge in [-0.1, -0.05) is 24.3 Å². The molecule has 9 heteroatoms. The van der Waals surface area contributed by atoms with Crippen molar-refractivity contribution in [3.63, 3.8) is 0 Å². The van der Waals surface area contributed by atoms with Crippen molar-refractivity contribution >= 4 is 27.1 Å². The smallest absolute Gasteiger partial charge is 0.271 e. The van der Waals surface area contributed by atoms with Crippen molar-refractivity contribution in [2.75, 3.05) is 18.5 Å². The Bertz CT molecular complexity index is 1060. The molecule has 0 atom stereocenters. The van der Waals surface area contributed by atoms with Crippen LogP contribution in [0.4, 0.5) is 11.4 Å². The van der Waals surface area contributed by atoms with Crippen molar-refractivity contribution in [2.24, 2.45) is 5.10 Å². The molecule has 1 heterocycles. The summed E-state index contributed by atoms with van der Waals surface area (Å²) in [6, 6.07) is 11.8. The van der Waals surface area contributed by atoms with Crippen molar-refractivity contribution in [1.82, 2.24) is 4.31 Å². The Labute approximate surface area is 163 Å². The average Bonchev–Trinajstić information content (AvgIpc) is 3.36. The predicted octanol–water partition coefficient (Wildman–Crippen LogP) is 3.14. The summed E-state index contributed by atoms with van der Waals surface area (Å²) in [6.45, 7) is 0.895.